The Kier molecular flexibility index (Phi) is 26.3. The third-order valence-corrected chi connectivity index (χ3v) is 15.7. The summed E-state index contributed by atoms with van der Waals surface area (Å²) in [5.74, 6) is 0. The molecular weight excluding hydrogens is 1120 g/mol. The Morgan fingerprint density at radius 2 is 0.365 bits per heavy atom. The van der Waals surface area contributed by atoms with Crippen LogP contribution in [0.5, 0.6) is 0 Å². The third-order valence-electron chi connectivity index (χ3n) is 7.86. The standard InChI is InChI=1S/C26H24P2.C18H15P.Au.3ClHO4/c1-5-13-23(14-6-1)27(24-15-7-2-8-16-24)21-22-28(25-17-9-3-10-18-25)26-19-11-4-12-20-26;1-4-10-16(11-5-1)19(17-12-6-2-7-13-17)18-14-8-3-9-15-18;;3*2-1(3,4)5/h1-20H,21-22H2;1-15H;;3*(H,2,3,4,5)/q;;+3;;;/p-3. The molecule has 0 heterocycles. The van der Waals surface area contributed by atoms with Crippen molar-refractivity contribution in [3.63, 3.8) is 0 Å². The summed E-state index contributed by atoms with van der Waals surface area (Å²) in [5, 5.41) is 10.1. The fourth-order valence-electron chi connectivity index (χ4n) is 5.62. The maximum atomic E-state index is 8.49. The molecule has 0 saturated carbocycles. The molecule has 0 aliphatic heterocycles. The summed E-state index contributed by atoms with van der Waals surface area (Å²) in [4.78, 5) is 0. The van der Waals surface area contributed by atoms with Gasteiger partial charge in [-0.3, -0.25) is 0 Å². The monoisotopic (exact) mass is 1150 g/mol. The average Bonchev–Trinajstić information content (AvgIpc) is 3.24. The Morgan fingerprint density at radius 1 is 0.238 bits per heavy atom. The van der Waals surface area contributed by atoms with Crippen molar-refractivity contribution >= 4 is 60.9 Å². The van der Waals surface area contributed by atoms with Crippen LogP contribution in [0.1, 0.15) is 0 Å². The molecule has 12 nitrogen and oxygen atoms in total. The Balaban J connectivity index is 0.000000335. The summed E-state index contributed by atoms with van der Waals surface area (Å²) in [6, 6.07) is 76.5. The van der Waals surface area contributed by atoms with Gasteiger partial charge in [0.1, 0.15) is 0 Å². The molecule has 0 radical (unpaired) electrons. The Labute approximate surface area is 392 Å². The fraction of sp³-hybridized carbons (Fsp3) is 0.0455. The van der Waals surface area contributed by atoms with Crippen LogP contribution in [0, 0.1) is 30.7 Å². The maximum Gasteiger partial charge on any atom is 3.00 e. The molecule has 0 aromatic heterocycles. The fourth-order valence-corrected chi connectivity index (χ4v) is 13.3. The van der Waals surface area contributed by atoms with Crippen molar-refractivity contribution in [1.82, 2.24) is 0 Å². The molecule has 63 heavy (non-hydrogen) atoms. The van der Waals surface area contributed by atoms with Gasteiger partial charge in [0.15, 0.2) is 0 Å². The van der Waals surface area contributed by atoms with Crippen LogP contribution < -0.4 is 93.0 Å². The van der Waals surface area contributed by atoms with Gasteiger partial charge in [0.25, 0.3) is 0 Å². The van der Waals surface area contributed by atoms with E-state index >= 15 is 0 Å². The molecule has 0 saturated heterocycles. The first-order valence-electron chi connectivity index (χ1n) is 17.9. The van der Waals surface area contributed by atoms with E-state index in [0.29, 0.717) is 0 Å². The van der Waals surface area contributed by atoms with Crippen molar-refractivity contribution in [2.75, 3.05) is 12.3 Å². The first kappa shape index (κ1) is 56.1. The Bertz CT molecular complexity index is 1900. The van der Waals surface area contributed by atoms with E-state index in [1.54, 1.807) is 0 Å². The van der Waals surface area contributed by atoms with Crippen LogP contribution in [0.25, 0.3) is 0 Å². The molecule has 19 heteroatoms. The Hall–Kier alpha value is -3.04. The molecule has 7 aromatic carbocycles. The molecule has 7 rings (SSSR count). The van der Waals surface area contributed by atoms with Gasteiger partial charge in [-0.2, -0.15) is 0 Å². The van der Waals surface area contributed by atoms with Gasteiger partial charge in [-0.05, 0) is 73.2 Å². The van der Waals surface area contributed by atoms with E-state index < -0.39 is 38.7 Å². The normalized spacial score (nSPS) is 11.0. The van der Waals surface area contributed by atoms with Crippen LogP contribution in [-0.4, -0.2) is 12.3 Å². The number of hydrogen-bond donors (Lipinski definition) is 0. The van der Waals surface area contributed by atoms with Crippen LogP contribution in [0.3, 0.4) is 0 Å². The van der Waals surface area contributed by atoms with Crippen molar-refractivity contribution < 1.29 is 109 Å². The second-order valence-corrected chi connectivity index (χ2v) is 21.3. The van der Waals surface area contributed by atoms with Crippen molar-refractivity contribution in [3.8, 4) is 0 Å². The van der Waals surface area contributed by atoms with Gasteiger partial charge < -0.3 is 0 Å². The summed E-state index contributed by atoms with van der Waals surface area (Å²) < 4.78 is 102. The maximum absolute atomic E-state index is 8.49. The van der Waals surface area contributed by atoms with Crippen LogP contribution in [0.15, 0.2) is 212 Å². The summed E-state index contributed by atoms with van der Waals surface area (Å²) >= 11 is 0. The van der Waals surface area contributed by atoms with Crippen LogP contribution >= 0.6 is 23.8 Å². The van der Waals surface area contributed by atoms with E-state index in [-0.39, 0.29) is 38.2 Å². The smallest absolute Gasteiger partial charge is 0.222 e. The summed E-state index contributed by atoms with van der Waals surface area (Å²) in [6.45, 7) is 0. The molecule has 0 aliphatic rings. The van der Waals surface area contributed by atoms with E-state index in [1.165, 1.54) is 49.5 Å². The van der Waals surface area contributed by atoms with E-state index in [0.717, 1.165) is 0 Å². The van der Waals surface area contributed by atoms with Gasteiger partial charge >= 0.3 is 22.4 Å². The molecule has 0 fully saturated rings. The molecule has 0 atom stereocenters. The summed E-state index contributed by atoms with van der Waals surface area (Å²) in [6.07, 6.45) is 2.41. The van der Waals surface area contributed by atoms with E-state index in [4.69, 9.17) is 55.9 Å². The van der Waals surface area contributed by atoms with Crippen molar-refractivity contribution in [1.29, 1.82) is 0 Å². The molecule has 0 aliphatic carbocycles. The third kappa shape index (κ3) is 25.9. The topological polar surface area (TPSA) is 277 Å². The van der Waals surface area contributed by atoms with Gasteiger partial charge in [-0.1, -0.05) is 212 Å². The second-order valence-electron chi connectivity index (χ2n) is 12.1. The van der Waals surface area contributed by atoms with Gasteiger partial charge in [0.2, 0.25) is 0 Å². The van der Waals surface area contributed by atoms with Crippen molar-refractivity contribution in [2.45, 2.75) is 0 Å². The quantitative estimate of drug-likeness (QED) is 0.0917. The SMILES string of the molecule is [Au+3].[O-][Cl+3]([O-])([O-])[O-].[O-][Cl+3]([O-])([O-])[O-].[O-][Cl+3]([O-])([O-])[O-].c1ccc(P(CCP(c2ccccc2)c2ccccc2)c2ccccc2)cc1.c1ccc(P(c2ccccc2)c2ccccc2)cc1. The van der Waals surface area contributed by atoms with E-state index in [2.05, 4.69) is 212 Å². The first-order valence-corrected chi connectivity index (χ1v) is 26.0. The predicted octanol–water partition coefficient (Wildman–Crippen LogP) is -5.57. The second kappa shape index (κ2) is 29.5. The van der Waals surface area contributed by atoms with Crippen LogP contribution in [0.4, 0.5) is 0 Å². The van der Waals surface area contributed by atoms with Gasteiger partial charge in [-0.25, -0.2) is 55.9 Å². The largest absolute Gasteiger partial charge is 3.00 e. The number of benzene rings is 7. The number of hydrogen-bond acceptors (Lipinski definition) is 12. The minimum atomic E-state index is -4.94. The number of rotatable bonds is 10. The molecule has 0 N–H and O–H groups in total. The minimum Gasteiger partial charge on any atom is -0.222 e. The molecule has 7 aromatic rings. The van der Waals surface area contributed by atoms with Crippen molar-refractivity contribution in [2.24, 2.45) is 0 Å². The zero-order valence-corrected chi connectivity index (χ0v) is 39.9. The minimum absolute atomic E-state index is 0. The van der Waals surface area contributed by atoms with Gasteiger partial charge in [-0.15, -0.1) is 30.7 Å². The average molecular weight is 1160 g/mol. The molecule has 0 bridgehead atoms. The molecule has 0 unspecified atom stereocenters. The molecule has 334 valence electrons. The van der Waals surface area contributed by atoms with E-state index in [9.17, 15) is 0 Å². The molecular formula is C44H39AuCl3O12P3. The zero-order chi connectivity index (χ0) is 45.4. The summed E-state index contributed by atoms with van der Waals surface area (Å²) in [5.41, 5.74) is 0. The number of halogens is 3. The van der Waals surface area contributed by atoms with Gasteiger partial charge in [0.05, 0.1) is 0 Å². The molecule has 0 spiro atoms. The van der Waals surface area contributed by atoms with Gasteiger partial charge in [0, 0.05) is 0 Å². The Morgan fingerprint density at radius 3 is 0.508 bits per heavy atom. The van der Waals surface area contributed by atoms with Crippen LogP contribution in [0.2, 0.25) is 0 Å². The summed E-state index contributed by atoms with van der Waals surface area (Å²) in [7, 11) is -16.0. The van der Waals surface area contributed by atoms with Crippen LogP contribution in [-0.2, 0) is 22.4 Å². The van der Waals surface area contributed by atoms with Crippen molar-refractivity contribution in [3.05, 3.63) is 212 Å². The first-order chi connectivity index (χ1) is 29.4. The van der Waals surface area contributed by atoms with E-state index in [1.807, 2.05) is 0 Å². The predicted molar refractivity (Wildman–Crippen MR) is 213 cm³/mol. The zero-order valence-electron chi connectivity index (χ0n) is 32.8. The molecule has 0 amide bonds.